The number of aromatic nitrogens is 2. The SMILES string of the molecule is Cc1nn(Cc2ccccc2)c2sc(C(=O)Nc3ccc(OCCN(C)C)cc3)cc12. The summed E-state index contributed by atoms with van der Waals surface area (Å²) in [7, 11) is 4.02. The molecule has 0 bridgehead atoms. The number of aryl methyl sites for hydroxylation is 1. The van der Waals surface area contributed by atoms with Gasteiger partial charge in [0, 0.05) is 17.6 Å². The Morgan fingerprint density at radius 2 is 1.87 bits per heavy atom. The van der Waals surface area contributed by atoms with Gasteiger partial charge in [-0.25, -0.2) is 0 Å². The molecule has 0 aliphatic heterocycles. The highest BCUT2D eigenvalue weighted by atomic mass is 32.1. The number of amides is 1. The third-order valence-corrected chi connectivity index (χ3v) is 6.07. The number of benzene rings is 2. The van der Waals surface area contributed by atoms with Crippen molar-refractivity contribution in [2.75, 3.05) is 32.6 Å². The summed E-state index contributed by atoms with van der Waals surface area (Å²) in [6.45, 7) is 4.14. The Hall–Kier alpha value is -3.16. The van der Waals surface area contributed by atoms with Gasteiger partial charge in [0.25, 0.3) is 5.91 Å². The van der Waals surface area contributed by atoms with Gasteiger partial charge in [-0.15, -0.1) is 11.3 Å². The minimum atomic E-state index is -0.117. The van der Waals surface area contributed by atoms with Gasteiger partial charge in [0.2, 0.25) is 0 Å². The molecule has 0 aliphatic rings. The molecule has 0 aliphatic carbocycles. The molecule has 31 heavy (non-hydrogen) atoms. The molecule has 0 atom stereocenters. The van der Waals surface area contributed by atoms with Crippen LogP contribution in [0.4, 0.5) is 5.69 Å². The van der Waals surface area contributed by atoms with E-state index in [-0.39, 0.29) is 5.91 Å². The number of rotatable bonds is 8. The van der Waals surface area contributed by atoms with E-state index in [4.69, 9.17) is 4.74 Å². The van der Waals surface area contributed by atoms with Crippen molar-refractivity contribution >= 4 is 33.1 Å². The fourth-order valence-electron chi connectivity index (χ4n) is 3.26. The molecule has 1 amide bonds. The van der Waals surface area contributed by atoms with E-state index < -0.39 is 0 Å². The summed E-state index contributed by atoms with van der Waals surface area (Å²) >= 11 is 1.47. The number of ether oxygens (including phenoxy) is 1. The van der Waals surface area contributed by atoms with Crippen LogP contribution in [0.25, 0.3) is 10.2 Å². The minimum Gasteiger partial charge on any atom is -0.492 e. The molecule has 7 heteroatoms. The van der Waals surface area contributed by atoms with Gasteiger partial charge in [-0.05, 0) is 56.9 Å². The van der Waals surface area contributed by atoms with Crippen molar-refractivity contribution in [3.63, 3.8) is 0 Å². The average Bonchev–Trinajstić information content (AvgIpc) is 3.31. The van der Waals surface area contributed by atoms with Gasteiger partial charge in [0.05, 0.1) is 17.1 Å². The van der Waals surface area contributed by atoms with Crippen LogP contribution in [-0.2, 0) is 6.54 Å². The van der Waals surface area contributed by atoms with Gasteiger partial charge >= 0.3 is 0 Å². The highest BCUT2D eigenvalue weighted by Crippen LogP contribution is 2.29. The third-order valence-electron chi connectivity index (χ3n) is 4.93. The van der Waals surface area contributed by atoms with E-state index in [9.17, 15) is 4.79 Å². The summed E-state index contributed by atoms with van der Waals surface area (Å²) in [5, 5.41) is 8.65. The number of carbonyl (C=O) groups excluding carboxylic acids is 1. The zero-order valence-corrected chi connectivity index (χ0v) is 18.8. The molecule has 0 fully saturated rings. The highest BCUT2D eigenvalue weighted by Gasteiger charge is 2.16. The van der Waals surface area contributed by atoms with Gasteiger partial charge in [-0.2, -0.15) is 5.10 Å². The topological polar surface area (TPSA) is 59.4 Å². The predicted molar refractivity (Wildman–Crippen MR) is 126 cm³/mol. The van der Waals surface area contributed by atoms with Gasteiger partial charge < -0.3 is 15.0 Å². The summed E-state index contributed by atoms with van der Waals surface area (Å²) in [6.07, 6.45) is 0. The number of hydrogen-bond donors (Lipinski definition) is 1. The van der Waals surface area contributed by atoms with Crippen molar-refractivity contribution in [3.8, 4) is 5.75 Å². The lowest BCUT2D eigenvalue weighted by molar-refractivity contribution is 0.103. The first kappa shape index (κ1) is 21.1. The molecule has 160 valence electrons. The number of likely N-dealkylation sites (N-methyl/N-ethyl adjacent to an activating group) is 1. The molecule has 1 N–H and O–H groups in total. The summed E-state index contributed by atoms with van der Waals surface area (Å²) in [5.41, 5.74) is 2.85. The molecule has 0 saturated carbocycles. The first-order chi connectivity index (χ1) is 15.0. The third kappa shape index (κ3) is 5.13. The summed E-state index contributed by atoms with van der Waals surface area (Å²) < 4.78 is 7.68. The number of nitrogens with zero attached hydrogens (tertiary/aromatic N) is 3. The lowest BCUT2D eigenvalue weighted by Gasteiger charge is -2.11. The maximum atomic E-state index is 12.8. The van der Waals surface area contributed by atoms with E-state index in [1.165, 1.54) is 16.9 Å². The van der Waals surface area contributed by atoms with Crippen molar-refractivity contribution in [1.29, 1.82) is 0 Å². The monoisotopic (exact) mass is 434 g/mol. The Bertz CT molecular complexity index is 1160. The molecule has 4 rings (SSSR count). The first-order valence-electron chi connectivity index (χ1n) is 10.2. The number of nitrogens with one attached hydrogen (secondary N) is 1. The van der Waals surface area contributed by atoms with Crippen molar-refractivity contribution in [2.24, 2.45) is 0 Å². The Morgan fingerprint density at radius 3 is 2.58 bits per heavy atom. The van der Waals surface area contributed by atoms with E-state index in [0.717, 1.165) is 33.9 Å². The van der Waals surface area contributed by atoms with Gasteiger partial charge in [0.15, 0.2) is 0 Å². The first-order valence-corrected chi connectivity index (χ1v) is 11.0. The van der Waals surface area contributed by atoms with Crippen LogP contribution in [0.1, 0.15) is 20.9 Å². The average molecular weight is 435 g/mol. The standard InChI is InChI=1S/C24H26N4O2S/c1-17-21-15-22(31-24(21)28(26-17)16-18-7-5-4-6-8-18)23(29)25-19-9-11-20(12-10-19)30-14-13-27(2)3/h4-12,15H,13-14,16H2,1-3H3,(H,25,29). The predicted octanol–water partition coefficient (Wildman–Crippen LogP) is 4.65. The van der Waals surface area contributed by atoms with Gasteiger partial charge in [-0.3, -0.25) is 9.48 Å². The van der Waals surface area contributed by atoms with Crippen LogP contribution in [0.2, 0.25) is 0 Å². The fourth-order valence-corrected chi connectivity index (χ4v) is 4.32. The van der Waals surface area contributed by atoms with E-state index in [1.807, 2.05) is 74.2 Å². The van der Waals surface area contributed by atoms with E-state index >= 15 is 0 Å². The molecule has 2 aromatic carbocycles. The minimum absolute atomic E-state index is 0.117. The number of hydrogen-bond acceptors (Lipinski definition) is 5. The van der Waals surface area contributed by atoms with Crippen LogP contribution in [0.5, 0.6) is 5.75 Å². The van der Waals surface area contributed by atoms with Crippen LogP contribution in [-0.4, -0.2) is 47.8 Å². The maximum Gasteiger partial charge on any atom is 0.265 e. The maximum absolute atomic E-state index is 12.8. The normalized spacial score (nSPS) is 11.2. The van der Waals surface area contributed by atoms with E-state index in [2.05, 4.69) is 27.4 Å². The molecular formula is C24H26N4O2S. The van der Waals surface area contributed by atoms with Crippen molar-refractivity contribution in [3.05, 3.63) is 76.8 Å². The summed E-state index contributed by atoms with van der Waals surface area (Å²) in [6, 6.07) is 19.6. The molecular weight excluding hydrogens is 408 g/mol. The number of carbonyl (C=O) groups is 1. The molecule has 0 unspecified atom stereocenters. The van der Waals surface area contributed by atoms with Crippen LogP contribution >= 0.6 is 11.3 Å². The van der Waals surface area contributed by atoms with Crippen LogP contribution < -0.4 is 10.1 Å². The number of thiophene rings is 1. The smallest absolute Gasteiger partial charge is 0.265 e. The molecule has 6 nitrogen and oxygen atoms in total. The second-order valence-corrected chi connectivity index (χ2v) is 8.72. The highest BCUT2D eigenvalue weighted by molar-refractivity contribution is 7.20. The quantitative estimate of drug-likeness (QED) is 0.439. The molecule has 0 saturated heterocycles. The van der Waals surface area contributed by atoms with Crippen molar-refractivity contribution in [2.45, 2.75) is 13.5 Å². The molecule has 4 aromatic rings. The largest absolute Gasteiger partial charge is 0.492 e. The fraction of sp³-hybridized carbons (Fsp3) is 0.250. The Kier molecular flexibility index (Phi) is 6.34. The second kappa shape index (κ2) is 9.32. The Morgan fingerprint density at radius 1 is 1.13 bits per heavy atom. The zero-order chi connectivity index (χ0) is 21.8. The van der Waals surface area contributed by atoms with E-state index in [1.54, 1.807) is 0 Å². The molecule has 0 spiro atoms. The van der Waals surface area contributed by atoms with Gasteiger partial charge in [0.1, 0.15) is 17.2 Å². The lowest BCUT2D eigenvalue weighted by atomic mass is 10.2. The summed E-state index contributed by atoms with van der Waals surface area (Å²) in [5.74, 6) is 0.673. The van der Waals surface area contributed by atoms with Gasteiger partial charge in [-0.1, -0.05) is 30.3 Å². The molecule has 2 heterocycles. The van der Waals surface area contributed by atoms with Crippen LogP contribution in [0, 0.1) is 6.92 Å². The second-order valence-electron chi connectivity index (χ2n) is 7.69. The Balaban J connectivity index is 1.45. The van der Waals surface area contributed by atoms with E-state index in [0.29, 0.717) is 18.0 Å². The number of fused-ring (bicyclic) bond motifs is 1. The summed E-state index contributed by atoms with van der Waals surface area (Å²) in [4.78, 5) is 16.6. The molecule has 0 radical (unpaired) electrons. The van der Waals surface area contributed by atoms with Crippen molar-refractivity contribution in [1.82, 2.24) is 14.7 Å². The number of anilines is 1. The molecule has 2 aromatic heterocycles. The van der Waals surface area contributed by atoms with Crippen LogP contribution in [0.15, 0.2) is 60.7 Å². The zero-order valence-electron chi connectivity index (χ0n) is 18.0. The van der Waals surface area contributed by atoms with Crippen LogP contribution in [0.3, 0.4) is 0 Å². The van der Waals surface area contributed by atoms with Crippen molar-refractivity contribution < 1.29 is 9.53 Å². The Labute approximate surface area is 186 Å². The lowest BCUT2D eigenvalue weighted by Crippen LogP contribution is -2.19.